The lowest BCUT2D eigenvalue weighted by molar-refractivity contribution is -0.140. The van der Waals surface area contributed by atoms with Gasteiger partial charge in [0.25, 0.3) is 11.6 Å². The van der Waals surface area contributed by atoms with Crippen molar-refractivity contribution in [1.82, 2.24) is 5.32 Å². The summed E-state index contributed by atoms with van der Waals surface area (Å²) in [5.74, 6) is -0.218. The van der Waals surface area contributed by atoms with Crippen LogP contribution in [0.4, 0.5) is 16.2 Å². The Morgan fingerprint density at radius 1 is 1.10 bits per heavy atom. The molecular weight excluding hydrogens is 394 g/mol. The zero-order valence-corrected chi connectivity index (χ0v) is 17.3. The molecular formula is C24H23N3O4. The highest BCUT2D eigenvalue weighted by atomic mass is 16.5. The minimum Gasteiger partial charge on any atom is -0.497 e. The summed E-state index contributed by atoms with van der Waals surface area (Å²) in [4.78, 5) is 27.5. The van der Waals surface area contributed by atoms with Gasteiger partial charge in [-0.25, -0.2) is 4.79 Å². The van der Waals surface area contributed by atoms with Crippen molar-refractivity contribution in [3.05, 3.63) is 89.5 Å². The number of hydrogen-bond acceptors (Lipinski definition) is 4. The molecule has 0 aliphatic carbocycles. The van der Waals surface area contributed by atoms with Gasteiger partial charge in [0.05, 0.1) is 18.5 Å². The Labute approximate surface area is 180 Å². The number of anilines is 2. The van der Waals surface area contributed by atoms with Crippen LogP contribution in [0.2, 0.25) is 0 Å². The van der Waals surface area contributed by atoms with Gasteiger partial charge < -0.3 is 20.5 Å². The molecule has 7 heteroatoms. The number of amides is 3. The van der Waals surface area contributed by atoms with Crippen molar-refractivity contribution >= 4 is 23.3 Å². The zero-order valence-electron chi connectivity index (χ0n) is 17.3. The number of ether oxygens (including phenoxy) is 1. The molecule has 1 aliphatic heterocycles. The SMILES string of the molecule is COc1cccc(N2C(=O)Nc3ccccc3[C@@]2(O)C(=O)NCc2ccc(C)cc2)c1. The van der Waals surface area contributed by atoms with Crippen molar-refractivity contribution in [3.63, 3.8) is 0 Å². The molecule has 31 heavy (non-hydrogen) atoms. The second kappa shape index (κ2) is 8.12. The molecule has 7 nitrogen and oxygen atoms in total. The largest absolute Gasteiger partial charge is 0.497 e. The number of benzene rings is 3. The summed E-state index contributed by atoms with van der Waals surface area (Å²) in [6.45, 7) is 2.19. The minimum absolute atomic E-state index is 0.206. The molecule has 0 aromatic heterocycles. The Morgan fingerprint density at radius 2 is 1.84 bits per heavy atom. The number of carbonyl (C=O) groups is 2. The fourth-order valence-corrected chi connectivity index (χ4v) is 3.62. The number of rotatable bonds is 5. The van der Waals surface area contributed by atoms with Crippen LogP contribution in [0.15, 0.2) is 72.8 Å². The first-order chi connectivity index (χ1) is 14.9. The smallest absolute Gasteiger partial charge is 0.329 e. The second-order valence-electron chi connectivity index (χ2n) is 7.35. The molecule has 3 aromatic rings. The number of para-hydroxylation sites is 1. The van der Waals surface area contributed by atoms with Crippen LogP contribution in [0.5, 0.6) is 5.75 Å². The molecule has 0 fully saturated rings. The Balaban J connectivity index is 1.75. The summed E-state index contributed by atoms with van der Waals surface area (Å²) >= 11 is 0. The molecule has 0 radical (unpaired) electrons. The molecule has 1 aliphatic rings. The summed E-state index contributed by atoms with van der Waals surface area (Å²) < 4.78 is 5.25. The van der Waals surface area contributed by atoms with Gasteiger partial charge in [-0.05, 0) is 30.7 Å². The summed E-state index contributed by atoms with van der Waals surface area (Å²) in [6.07, 6.45) is 0. The van der Waals surface area contributed by atoms with E-state index in [0.717, 1.165) is 16.0 Å². The monoisotopic (exact) mass is 417 g/mol. The van der Waals surface area contributed by atoms with E-state index in [2.05, 4.69) is 10.6 Å². The van der Waals surface area contributed by atoms with Crippen LogP contribution in [0, 0.1) is 6.92 Å². The normalized spacial score (nSPS) is 17.5. The topological polar surface area (TPSA) is 90.9 Å². The minimum atomic E-state index is -2.25. The molecule has 0 saturated heterocycles. The Bertz CT molecular complexity index is 1130. The van der Waals surface area contributed by atoms with Gasteiger partial charge in [0.15, 0.2) is 0 Å². The highest BCUT2D eigenvalue weighted by molar-refractivity contribution is 6.11. The van der Waals surface area contributed by atoms with Crippen LogP contribution >= 0.6 is 0 Å². The van der Waals surface area contributed by atoms with Crippen LogP contribution in [-0.4, -0.2) is 24.2 Å². The highest BCUT2D eigenvalue weighted by Crippen LogP contribution is 2.40. The molecule has 3 N–H and O–H groups in total. The molecule has 3 amide bonds. The molecule has 0 unspecified atom stereocenters. The van der Waals surface area contributed by atoms with Crippen molar-refractivity contribution in [3.8, 4) is 5.75 Å². The van der Waals surface area contributed by atoms with Crippen molar-refractivity contribution in [2.24, 2.45) is 0 Å². The van der Waals surface area contributed by atoms with Crippen LogP contribution in [-0.2, 0) is 17.1 Å². The number of methoxy groups -OCH3 is 1. The maximum absolute atomic E-state index is 13.4. The molecule has 1 atom stereocenters. The molecule has 4 rings (SSSR count). The molecule has 0 bridgehead atoms. The summed E-state index contributed by atoms with van der Waals surface area (Å²) in [7, 11) is 1.51. The highest BCUT2D eigenvalue weighted by Gasteiger charge is 2.51. The standard InChI is InChI=1S/C24H23N3O4/c1-16-10-12-17(13-11-16)15-25-22(28)24(30)20-8-3-4-9-21(20)26-23(29)27(24)18-6-5-7-19(14-18)31-2/h3-14,30H,15H2,1-2H3,(H,25,28)(H,26,29)/t24-/m1/s1. The van der Waals surface area contributed by atoms with Gasteiger partial charge in [0.2, 0.25) is 0 Å². The van der Waals surface area contributed by atoms with Gasteiger partial charge in [-0.1, -0.05) is 54.1 Å². The fourth-order valence-electron chi connectivity index (χ4n) is 3.62. The van der Waals surface area contributed by atoms with Crippen molar-refractivity contribution in [2.75, 3.05) is 17.3 Å². The maximum atomic E-state index is 13.4. The van der Waals surface area contributed by atoms with Gasteiger partial charge in [0, 0.05) is 18.2 Å². The average Bonchev–Trinajstić information content (AvgIpc) is 2.78. The van der Waals surface area contributed by atoms with Crippen LogP contribution in [0.1, 0.15) is 16.7 Å². The van der Waals surface area contributed by atoms with E-state index in [-0.39, 0.29) is 12.1 Å². The Hall–Kier alpha value is -3.84. The fraction of sp³-hybridized carbons (Fsp3) is 0.167. The third kappa shape index (κ3) is 3.71. The lowest BCUT2D eigenvalue weighted by atomic mass is 9.94. The van der Waals surface area contributed by atoms with Gasteiger partial charge in [-0.2, -0.15) is 0 Å². The first-order valence-electron chi connectivity index (χ1n) is 9.84. The van der Waals surface area contributed by atoms with E-state index in [4.69, 9.17) is 4.74 Å². The average molecular weight is 417 g/mol. The van der Waals surface area contributed by atoms with E-state index >= 15 is 0 Å². The molecule has 158 valence electrons. The number of urea groups is 1. The first-order valence-corrected chi connectivity index (χ1v) is 9.84. The third-order valence-corrected chi connectivity index (χ3v) is 5.27. The van der Waals surface area contributed by atoms with Crippen LogP contribution in [0.3, 0.4) is 0 Å². The number of aryl methyl sites for hydroxylation is 1. The van der Waals surface area contributed by atoms with Crippen LogP contribution < -0.4 is 20.3 Å². The summed E-state index contributed by atoms with van der Waals surface area (Å²) in [5.41, 5.74) is 0.702. The first kappa shape index (κ1) is 20.4. The zero-order chi connectivity index (χ0) is 22.0. The predicted octanol–water partition coefficient (Wildman–Crippen LogP) is 3.52. The molecule has 1 heterocycles. The lowest BCUT2D eigenvalue weighted by Crippen LogP contribution is -2.62. The van der Waals surface area contributed by atoms with Gasteiger partial charge in [-0.15, -0.1) is 0 Å². The molecule has 0 saturated carbocycles. The van der Waals surface area contributed by atoms with Crippen molar-refractivity contribution in [1.29, 1.82) is 0 Å². The quantitative estimate of drug-likeness (QED) is 0.592. The Morgan fingerprint density at radius 3 is 2.58 bits per heavy atom. The predicted molar refractivity (Wildman–Crippen MR) is 118 cm³/mol. The van der Waals surface area contributed by atoms with E-state index in [9.17, 15) is 14.7 Å². The van der Waals surface area contributed by atoms with Gasteiger partial charge in [0.1, 0.15) is 5.75 Å². The number of fused-ring (bicyclic) bond motifs is 1. The number of nitrogens with one attached hydrogen (secondary N) is 2. The number of nitrogens with zero attached hydrogens (tertiary/aromatic N) is 1. The number of carbonyl (C=O) groups excluding carboxylic acids is 2. The number of aliphatic hydroxyl groups is 1. The van der Waals surface area contributed by atoms with Crippen molar-refractivity contribution in [2.45, 2.75) is 19.2 Å². The van der Waals surface area contributed by atoms with Gasteiger partial charge in [-0.3, -0.25) is 9.69 Å². The summed E-state index contributed by atoms with van der Waals surface area (Å²) in [6, 6.07) is 20.4. The molecule has 3 aromatic carbocycles. The third-order valence-electron chi connectivity index (χ3n) is 5.27. The maximum Gasteiger partial charge on any atom is 0.329 e. The van der Waals surface area contributed by atoms with Crippen LogP contribution in [0.25, 0.3) is 0 Å². The number of hydrogen-bond donors (Lipinski definition) is 3. The van der Waals surface area contributed by atoms with E-state index in [1.807, 2.05) is 31.2 Å². The second-order valence-corrected chi connectivity index (χ2v) is 7.35. The van der Waals surface area contributed by atoms with E-state index in [0.29, 0.717) is 17.1 Å². The Kier molecular flexibility index (Phi) is 5.35. The van der Waals surface area contributed by atoms with Gasteiger partial charge >= 0.3 is 6.03 Å². The lowest BCUT2D eigenvalue weighted by Gasteiger charge is -2.42. The van der Waals surface area contributed by atoms with E-state index in [1.165, 1.54) is 7.11 Å². The summed E-state index contributed by atoms with van der Waals surface area (Å²) in [5, 5.41) is 17.3. The van der Waals surface area contributed by atoms with Crippen molar-refractivity contribution < 1.29 is 19.4 Å². The van der Waals surface area contributed by atoms with E-state index < -0.39 is 17.7 Å². The molecule has 0 spiro atoms. The van der Waals surface area contributed by atoms with E-state index in [1.54, 1.807) is 48.5 Å².